The largest absolute Gasteiger partial charge is 0.361 e. The van der Waals surface area contributed by atoms with Crippen molar-refractivity contribution in [1.29, 1.82) is 5.26 Å². The van der Waals surface area contributed by atoms with Crippen LogP contribution < -0.4 is 0 Å². The van der Waals surface area contributed by atoms with Crippen LogP contribution in [0.4, 0.5) is 0 Å². The van der Waals surface area contributed by atoms with E-state index >= 15 is 0 Å². The van der Waals surface area contributed by atoms with Crippen LogP contribution in [0.5, 0.6) is 0 Å². The van der Waals surface area contributed by atoms with Crippen LogP contribution in [-0.2, 0) is 6.42 Å². The minimum Gasteiger partial charge on any atom is -0.361 e. The van der Waals surface area contributed by atoms with Crippen LogP contribution in [0, 0.1) is 11.3 Å². The van der Waals surface area contributed by atoms with Gasteiger partial charge in [0, 0.05) is 29.7 Å². The maximum atomic E-state index is 8.95. The zero-order valence-electron chi connectivity index (χ0n) is 11.8. The third kappa shape index (κ3) is 2.71. The lowest BCUT2D eigenvalue weighted by Crippen LogP contribution is -2.40. The molecule has 3 rings (SSSR count). The number of fused-ring (bicyclic) bond motifs is 1. The summed E-state index contributed by atoms with van der Waals surface area (Å²) < 4.78 is 0. The molecule has 1 unspecified atom stereocenters. The maximum absolute atomic E-state index is 8.95. The first-order valence-corrected chi connectivity index (χ1v) is 7.54. The highest BCUT2D eigenvalue weighted by atomic mass is 15.2. The van der Waals surface area contributed by atoms with Crippen molar-refractivity contribution in [2.24, 2.45) is 0 Å². The molecule has 1 N–H and O–H groups in total. The molecule has 0 spiro atoms. The van der Waals surface area contributed by atoms with Gasteiger partial charge in [0.1, 0.15) is 0 Å². The predicted molar refractivity (Wildman–Crippen MR) is 81.4 cm³/mol. The van der Waals surface area contributed by atoms with Gasteiger partial charge in [-0.05, 0) is 37.4 Å². The molecule has 0 saturated carbocycles. The van der Waals surface area contributed by atoms with Gasteiger partial charge in [-0.2, -0.15) is 5.26 Å². The zero-order chi connectivity index (χ0) is 13.8. The minimum absolute atomic E-state index is 0.471. The van der Waals surface area contributed by atoms with Crippen molar-refractivity contribution >= 4 is 10.9 Å². The second-order valence-electron chi connectivity index (χ2n) is 5.66. The Morgan fingerprint density at radius 3 is 3.10 bits per heavy atom. The molecule has 1 aromatic carbocycles. The summed E-state index contributed by atoms with van der Waals surface area (Å²) >= 11 is 0. The summed E-state index contributed by atoms with van der Waals surface area (Å²) in [4.78, 5) is 5.85. The van der Waals surface area contributed by atoms with Gasteiger partial charge < -0.3 is 4.98 Å². The van der Waals surface area contributed by atoms with Crippen molar-refractivity contribution in [3.63, 3.8) is 0 Å². The van der Waals surface area contributed by atoms with E-state index in [9.17, 15) is 0 Å². The molecular formula is C17H21N3. The van der Waals surface area contributed by atoms with Crippen LogP contribution >= 0.6 is 0 Å². The van der Waals surface area contributed by atoms with E-state index in [-0.39, 0.29) is 0 Å². The van der Waals surface area contributed by atoms with E-state index in [1.807, 2.05) is 0 Å². The van der Waals surface area contributed by atoms with Crippen molar-refractivity contribution < 1.29 is 0 Å². The van der Waals surface area contributed by atoms with E-state index in [2.05, 4.69) is 46.4 Å². The molecule has 0 aliphatic carbocycles. The van der Waals surface area contributed by atoms with Gasteiger partial charge in [-0.15, -0.1) is 0 Å². The molecule has 3 nitrogen and oxygen atoms in total. The molecule has 1 fully saturated rings. The number of nitrogens with one attached hydrogen (secondary N) is 1. The number of rotatable bonds is 4. The molecular weight excluding hydrogens is 246 g/mol. The van der Waals surface area contributed by atoms with Crippen molar-refractivity contribution in [3.8, 4) is 6.07 Å². The quantitative estimate of drug-likeness (QED) is 0.921. The van der Waals surface area contributed by atoms with Crippen LogP contribution in [0.3, 0.4) is 0 Å². The summed E-state index contributed by atoms with van der Waals surface area (Å²) in [5.41, 5.74) is 2.61. The van der Waals surface area contributed by atoms with Crippen molar-refractivity contribution in [2.75, 3.05) is 13.1 Å². The van der Waals surface area contributed by atoms with Crippen LogP contribution in [0.2, 0.25) is 0 Å². The lowest BCUT2D eigenvalue weighted by Gasteiger charge is -2.34. The fraction of sp³-hybridized carbons (Fsp3) is 0.471. The van der Waals surface area contributed by atoms with Gasteiger partial charge in [-0.1, -0.05) is 24.6 Å². The number of hydrogen-bond acceptors (Lipinski definition) is 2. The Morgan fingerprint density at radius 1 is 1.30 bits per heavy atom. The van der Waals surface area contributed by atoms with Crippen molar-refractivity contribution in [2.45, 2.75) is 38.1 Å². The maximum Gasteiger partial charge on any atom is 0.0638 e. The smallest absolute Gasteiger partial charge is 0.0638 e. The van der Waals surface area contributed by atoms with Crippen LogP contribution in [0.25, 0.3) is 10.9 Å². The Labute approximate surface area is 120 Å². The highest BCUT2D eigenvalue weighted by Gasteiger charge is 2.21. The fourth-order valence-corrected chi connectivity index (χ4v) is 3.29. The summed E-state index contributed by atoms with van der Waals surface area (Å²) in [6.07, 6.45) is 7.60. The monoisotopic (exact) mass is 267 g/mol. The average molecular weight is 267 g/mol. The molecule has 3 heteroatoms. The lowest BCUT2D eigenvalue weighted by atomic mass is 9.99. The third-order valence-corrected chi connectivity index (χ3v) is 4.42. The first kappa shape index (κ1) is 13.2. The number of nitrogens with zero attached hydrogens (tertiary/aromatic N) is 2. The Balaban J connectivity index is 1.67. The second-order valence-corrected chi connectivity index (χ2v) is 5.66. The van der Waals surface area contributed by atoms with E-state index < -0.39 is 0 Å². The van der Waals surface area contributed by atoms with Crippen LogP contribution in [0.1, 0.15) is 31.2 Å². The third-order valence-electron chi connectivity index (χ3n) is 4.42. The molecule has 2 heterocycles. The van der Waals surface area contributed by atoms with Crippen molar-refractivity contribution in [3.05, 3.63) is 36.0 Å². The number of aromatic nitrogens is 1. The van der Waals surface area contributed by atoms with Gasteiger partial charge in [0.2, 0.25) is 0 Å². The zero-order valence-corrected chi connectivity index (χ0v) is 11.8. The molecule has 2 aromatic rings. The van der Waals surface area contributed by atoms with Gasteiger partial charge in [0.25, 0.3) is 0 Å². The molecule has 1 aliphatic heterocycles. The molecule has 20 heavy (non-hydrogen) atoms. The number of H-pyrrole nitrogens is 1. The van der Waals surface area contributed by atoms with Crippen LogP contribution in [-0.4, -0.2) is 29.0 Å². The number of piperidine rings is 1. The molecule has 0 amide bonds. The molecule has 1 aliphatic rings. The Hall–Kier alpha value is -1.79. The molecule has 104 valence electrons. The van der Waals surface area contributed by atoms with Gasteiger partial charge in [0.05, 0.1) is 12.5 Å². The van der Waals surface area contributed by atoms with E-state index in [4.69, 9.17) is 5.26 Å². The Kier molecular flexibility index (Phi) is 4.03. The van der Waals surface area contributed by atoms with Gasteiger partial charge >= 0.3 is 0 Å². The summed E-state index contributed by atoms with van der Waals surface area (Å²) in [6, 6.07) is 11.3. The molecule has 0 bridgehead atoms. The second kappa shape index (κ2) is 6.11. The highest BCUT2D eigenvalue weighted by Crippen LogP contribution is 2.22. The summed E-state index contributed by atoms with van der Waals surface area (Å²) in [7, 11) is 0. The molecule has 0 radical (unpaired) electrons. The van der Waals surface area contributed by atoms with Gasteiger partial charge in [-0.3, -0.25) is 4.90 Å². The standard InChI is InChI=1S/C17H21N3/c18-10-8-15-5-3-4-11-20(15)12-9-14-13-19-17-7-2-1-6-16(14)17/h1-2,6-7,13,15,19H,3-5,8-9,11-12H2. The number of aromatic amines is 1. The first-order valence-electron chi connectivity index (χ1n) is 7.54. The van der Waals surface area contributed by atoms with E-state index in [0.29, 0.717) is 12.5 Å². The van der Waals surface area contributed by atoms with Crippen LogP contribution in [0.15, 0.2) is 30.5 Å². The minimum atomic E-state index is 0.471. The van der Waals surface area contributed by atoms with Gasteiger partial charge in [0.15, 0.2) is 0 Å². The molecule has 1 atom stereocenters. The molecule has 1 aromatic heterocycles. The Morgan fingerprint density at radius 2 is 2.20 bits per heavy atom. The highest BCUT2D eigenvalue weighted by molar-refractivity contribution is 5.83. The summed E-state index contributed by atoms with van der Waals surface area (Å²) in [6.45, 7) is 2.21. The number of likely N-dealkylation sites (tertiary alicyclic amines) is 1. The predicted octanol–water partition coefficient (Wildman–Crippen LogP) is 3.48. The fourth-order valence-electron chi connectivity index (χ4n) is 3.29. The lowest BCUT2D eigenvalue weighted by molar-refractivity contribution is 0.152. The number of hydrogen-bond donors (Lipinski definition) is 1. The average Bonchev–Trinajstić information content (AvgIpc) is 2.90. The SMILES string of the molecule is N#CCC1CCCCN1CCc1c[nH]c2ccccc12. The number of nitriles is 1. The topological polar surface area (TPSA) is 42.8 Å². The number of para-hydroxylation sites is 1. The van der Waals surface area contributed by atoms with Gasteiger partial charge in [-0.25, -0.2) is 0 Å². The normalized spacial score (nSPS) is 20.1. The summed E-state index contributed by atoms with van der Waals surface area (Å²) in [5.74, 6) is 0. The Bertz CT molecular complexity index is 608. The molecule has 1 saturated heterocycles. The van der Waals surface area contributed by atoms with E-state index in [1.165, 1.54) is 35.7 Å². The number of benzene rings is 1. The van der Waals surface area contributed by atoms with Crippen molar-refractivity contribution in [1.82, 2.24) is 9.88 Å². The first-order chi connectivity index (χ1) is 9.88. The van der Waals surface area contributed by atoms with E-state index in [0.717, 1.165) is 19.5 Å². The summed E-state index contributed by atoms with van der Waals surface area (Å²) in [5, 5.41) is 10.3. The van der Waals surface area contributed by atoms with E-state index in [1.54, 1.807) is 0 Å².